The molecule has 0 saturated heterocycles. The van der Waals surface area contributed by atoms with Gasteiger partial charge in [-0.2, -0.15) is 4.39 Å². The van der Waals surface area contributed by atoms with Gasteiger partial charge in [-0.05, 0) is 18.2 Å². The van der Waals surface area contributed by atoms with Gasteiger partial charge in [0.15, 0.2) is 0 Å². The number of pyridine rings is 1. The summed E-state index contributed by atoms with van der Waals surface area (Å²) >= 11 is 0. The quantitative estimate of drug-likeness (QED) is 0.705. The SMILES string of the molecule is Fc1cccc(Oc2ccnc(F)c2)c1. The number of nitrogens with zero attached hydrogens (tertiary/aromatic N) is 1. The minimum Gasteiger partial charge on any atom is -0.457 e. The first-order valence-electron chi connectivity index (χ1n) is 4.29. The third-order valence-corrected chi connectivity index (χ3v) is 1.73. The zero-order chi connectivity index (χ0) is 10.7. The lowest BCUT2D eigenvalue weighted by Gasteiger charge is -2.04. The molecule has 4 heteroatoms. The summed E-state index contributed by atoms with van der Waals surface area (Å²) in [5, 5.41) is 0. The number of rotatable bonds is 2. The molecular weight excluding hydrogens is 200 g/mol. The Kier molecular flexibility index (Phi) is 2.58. The lowest BCUT2D eigenvalue weighted by atomic mass is 10.3. The van der Waals surface area contributed by atoms with Crippen LogP contribution in [0.3, 0.4) is 0 Å². The van der Waals surface area contributed by atoms with Crippen LogP contribution in [0.15, 0.2) is 42.6 Å². The third-order valence-electron chi connectivity index (χ3n) is 1.73. The molecule has 76 valence electrons. The highest BCUT2D eigenvalue weighted by Crippen LogP contribution is 2.21. The van der Waals surface area contributed by atoms with Crippen LogP contribution in [0.2, 0.25) is 0 Å². The number of hydrogen-bond donors (Lipinski definition) is 0. The van der Waals surface area contributed by atoms with Crippen molar-refractivity contribution in [2.75, 3.05) is 0 Å². The molecule has 15 heavy (non-hydrogen) atoms. The van der Waals surface area contributed by atoms with Crippen molar-refractivity contribution >= 4 is 0 Å². The van der Waals surface area contributed by atoms with Gasteiger partial charge in [-0.1, -0.05) is 6.07 Å². The highest BCUT2D eigenvalue weighted by atomic mass is 19.1. The topological polar surface area (TPSA) is 22.1 Å². The summed E-state index contributed by atoms with van der Waals surface area (Å²) in [7, 11) is 0. The molecule has 1 aromatic heterocycles. The fraction of sp³-hybridized carbons (Fsp3) is 0. The van der Waals surface area contributed by atoms with Crippen molar-refractivity contribution in [3.8, 4) is 11.5 Å². The summed E-state index contributed by atoms with van der Waals surface area (Å²) in [6.45, 7) is 0. The van der Waals surface area contributed by atoms with Crippen molar-refractivity contribution in [2.24, 2.45) is 0 Å². The van der Waals surface area contributed by atoms with Gasteiger partial charge < -0.3 is 4.74 Å². The van der Waals surface area contributed by atoms with E-state index < -0.39 is 11.8 Å². The first-order valence-corrected chi connectivity index (χ1v) is 4.29. The second-order valence-electron chi connectivity index (χ2n) is 2.87. The molecule has 0 saturated carbocycles. The zero-order valence-corrected chi connectivity index (χ0v) is 7.65. The molecule has 1 heterocycles. The molecular formula is C11H7F2NO. The van der Waals surface area contributed by atoms with E-state index >= 15 is 0 Å². The maximum Gasteiger partial charge on any atom is 0.216 e. The number of hydrogen-bond acceptors (Lipinski definition) is 2. The second-order valence-corrected chi connectivity index (χ2v) is 2.87. The summed E-state index contributed by atoms with van der Waals surface area (Å²) in [6.07, 6.45) is 1.28. The van der Waals surface area contributed by atoms with E-state index in [0.29, 0.717) is 5.75 Å². The lowest BCUT2D eigenvalue weighted by molar-refractivity contribution is 0.467. The molecule has 0 radical (unpaired) electrons. The first-order chi connectivity index (χ1) is 7.24. The van der Waals surface area contributed by atoms with Crippen LogP contribution in [-0.4, -0.2) is 4.98 Å². The van der Waals surface area contributed by atoms with Gasteiger partial charge in [0.25, 0.3) is 0 Å². The molecule has 0 spiro atoms. The van der Waals surface area contributed by atoms with E-state index in [1.54, 1.807) is 6.07 Å². The predicted molar refractivity (Wildman–Crippen MR) is 50.7 cm³/mol. The summed E-state index contributed by atoms with van der Waals surface area (Å²) < 4.78 is 30.7. The van der Waals surface area contributed by atoms with Crippen LogP contribution in [0.25, 0.3) is 0 Å². The fourth-order valence-corrected chi connectivity index (χ4v) is 1.11. The van der Waals surface area contributed by atoms with Crippen molar-refractivity contribution in [3.63, 3.8) is 0 Å². The Bertz CT molecular complexity index is 430. The van der Waals surface area contributed by atoms with Crippen LogP contribution >= 0.6 is 0 Å². The smallest absolute Gasteiger partial charge is 0.216 e. The van der Waals surface area contributed by atoms with Gasteiger partial charge in [-0.3, -0.25) is 0 Å². The summed E-state index contributed by atoms with van der Waals surface area (Å²) in [6, 6.07) is 8.25. The highest BCUT2D eigenvalue weighted by molar-refractivity contribution is 5.29. The maximum absolute atomic E-state index is 12.8. The second kappa shape index (κ2) is 4.04. The summed E-state index contributed by atoms with van der Waals surface area (Å²) in [5.74, 6) is -0.431. The molecule has 1 aromatic carbocycles. The van der Waals surface area contributed by atoms with Crippen molar-refractivity contribution in [1.29, 1.82) is 0 Å². The van der Waals surface area contributed by atoms with Gasteiger partial charge in [0.05, 0.1) is 0 Å². The van der Waals surface area contributed by atoms with E-state index in [2.05, 4.69) is 4.98 Å². The molecule has 0 fully saturated rings. The van der Waals surface area contributed by atoms with Crippen molar-refractivity contribution in [3.05, 3.63) is 54.4 Å². The van der Waals surface area contributed by atoms with Crippen LogP contribution in [-0.2, 0) is 0 Å². The van der Waals surface area contributed by atoms with Gasteiger partial charge in [-0.25, -0.2) is 9.37 Å². The number of aromatic nitrogens is 1. The van der Waals surface area contributed by atoms with E-state index in [4.69, 9.17) is 4.74 Å². The molecule has 0 atom stereocenters. The molecule has 0 unspecified atom stereocenters. The Morgan fingerprint density at radius 1 is 1.00 bits per heavy atom. The van der Waals surface area contributed by atoms with Crippen molar-refractivity contribution in [2.45, 2.75) is 0 Å². The van der Waals surface area contributed by atoms with E-state index in [1.165, 1.54) is 30.5 Å². The minimum atomic E-state index is -0.635. The Labute approximate surface area is 85.2 Å². The monoisotopic (exact) mass is 207 g/mol. The van der Waals surface area contributed by atoms with Crippen molar-refractivity contribution in [1.82, 2.24) is 4.98 Å². The van der Waals surface area contributed by atoms with E-state index in [0.717, 1.165) is 6.07 Å². The van der Waals surface area contributed by atoms with Crippen LogP contribution in [0.4, 0.5) is 8.78 Å². The standard InChI is InChI=1S/C11H7F2NO/c12-8-2-1-3-9(6-8)15-10-4-5-14-11(13)7-10/h1-7H. The minimum absolute atomic E-state index is 0.285. The van der Waals surface area contributed by atoms with Gasteiger partial charge >= 0.3 is 0 Å². The first kappa shape index (κ1) is 9.58. The van der Waals surface area contributed by atoms with Gasteiger partial charge in [-0.15, -0.1) is 0 Å². The van der Waals surface area contributed by atoms with Crippen LogP contribution in [0, 0.1) is 11.8 Å². The Morgan fingerprint density at radius 3 is 2.53 bits per heavy atom. The zero-order valence-electron chi connectivity index (χ0n) is 7.65. The molecule has 0 aliphatic carbocycles. The van der Waals surface area contributed by atoms with Gasteiger partial charge in [0, 0.05) is 18.3 Å². The van der Waals surface area contributed by atoms with Gasteiger partial charge in [0.2, 0.25) is 5.95 Å². The summed E-state index contributed by atoms with van der Waals surface area (Å²) in [5.41, 5.74) is 0. The Balaban J connectivity index is 2.22. The molecule has 0 aliphatic rings. The van der Waals surface area contributed by atoms with Crippen LogP contribution < -0.4 is 4.74 Å². The van der Waals surface area contributed by atoms with Crippen molar-refractivity contribution < 1.29 is 13.5 Å². The largest absolute Gasteiger partial charge is 0.457 e. The Hall–Kier alpha value is -1.97. The third kappa shape index (κ3) is 2.49. The highest BCUT2D eigenvalue weighted by Gasteiger charge is 2.00. The molecule has 2 aromatic rings. The Morgan fingerprint density at radius 2 is 1.80 bits per heavy atom. The average molecular weight is 207 g/mol. The molecule has 2 nitrogen and oxygen atoms in total. The van der Waals surface area contributed by atoms with E-state index in [1.807, 2.05) is 0 Å². The molecule has 0 N–H and O–H groups in total. The fourth-order valence-electron chi connectivity index (χ4n) is 1.11. The number of ether oxygens (including phenoxy) is 1. The number of benzene rings is 1. The molecule has 2 rings (SSSR count). The van der Waals surface area contributed by atoms with Crippen LogP contribution in [0.5, 0.6) is 11.5 Å². The lowest BCUT2D eigenvalue weighted by Crippen LogP contribution is -1.87. The predicted octanol–water partition coefficient (Wildman–Crippen LogP) is 3.15. The molecule has 0 bridgehead atoms. The average Bonchev–Trinajstić information content (AvgIpc) is 2.17. The maximum atomic E-state index is 12.8. The van der Waals surface area contributed by atoms with E-state index in [-0.39, 0.29) is 5.75 Å². The number of halogens is 2. The van der Waals surface area contributed by atoms with Gasteiger partial charge in [0.1, 0.15) is 17.3 Å². The van der Waals surface area contributed by atoms with Crippen LogP contribution in [0.1, 0.15) is 0 Å². The normalized spacial score (nSPS) is 10.0. The summed E-state index contributed by atoms with van der Waals surface area (Å²) in [4.78, 5) is 3.38. The van der Waals surface area contributed by atoms with E-state index in [9.17, 15) is 8.78 Å². The molecule has 0 amide bonds. The molecule has 0 aliphatic heterocycles.